The maximum Gasteiger partial charge on any atom is 0.292 e. The maximum absolute atomic E-state index is 8.31. The van der Waals surface area contributed by atoms with Crippen LogP contribution in [0.4, 0.5) is 0 Å². The molecule has 0 bridgehead atoms. The number of hydrogen-bond acceptors (Lipinski definition) is 4. The summed E-state index contributed by atoms with van der Waals surface area (Å²) in [6.45, 7) is 1.88. The second-order valence-corrected chi connectivity index (χ2v) is 2.64. The van der Waals surface area contributed by atoms with E-state index in [0.717, 1.165) is 12.0 Å². The monoisotopic (exact) mass is 176 g/mol. The van der Waals surface area contributed by atoms with E-state index in [9.17, 15) is 0 Å². The average molecular weight is 176 g/mol. The van der Waals surface area contributed by atoms with Gasteiger partial charge in [-0.25, -0.2) is 0 Å². The average Bonchev–Trinajstić information content (AvgIpc) is 2.12. The largest absolute Gasteiger partial charge is 0.392 e. The molecule has 0 fully saturated rings. The van der Waals surface area contributed by atoms with Gasteiger partial charge in [-0.15, -0.1) is 10.5 Å². The molecule has 0 radical (unpaired) electrons. The van der Waals surface area contributed by atoms with Gasteiger partial charge in [0.25, 0.3) is 12.5 Å². The van der Waals surface area contributed by atoms with Crippen molar-refractivity contribution in [1.29, 1.82) is 10.5 Å². The van der Waals surface area contributed by atoms with Gasteiger partial charge < -0.3 is 9.47 Å². The molecular formula is C9H8N2O2. The molecule has 0 aromatic carbocycles. The molecule has 4 nitrogen and oxygen atoms in total. The molecule has 1 rings (SSSR count). The minimum Gasteiger partial charge on any atom is -0.392 e. The summed E-state index contributed by atoms with van der Waals surface area (Å²) in [7, 11) is 0. The van der Waals surface area contributed by atoms with Crippen molar-refractivity contribution in [2.75, 3.05) is 0 Å². The van der Waals surface area contributed by atoms with Crippen LogP contribution in [0.1, 0.15) is 19.8 Å². The van der Waals surface area contributed by atoms with Crippen LogP contribution in [-0.2, 0) is 9.47 Å². The van der Waals surface area contributed by atoms with Crippen molar-refractivity contribution in [3.05, 3.63) is 23.2 Å². The third-order valence-corrected chi connectivity index (χ3v) is 1.79. The number of ether oxygens (including phenoxy) is 2. The van der Waals surface area contributed by atoms with Crippen molar-refractivity contribution in [2.24, 2.45) is 0 Å². The summed E-state index contributed by atoms with van der Waals surface area (Å²) in [4.78, 5) is 0. The lowest BCUT2D eigenvalue weighted by Gasteiger charge is -2.12. The molecule has 0 aromatic heterocycles. The van der Waals surface area contributed by atoms with E-state index in [1.807, 2.05) is 6.92 Å². The first-order chi connectivity index (χ1) is 6.27. The molecule has 0 heterocycles. The first-order valence-corrected chi connectivity index (χ1v) is 3.80. The number of allylic oxidation sites excluding steroid dienone is 3. The van der Waals surface area contributed by atoms with Crippen molar-refractivity contribution in [3.8, 4) is 12.5 Å². The van der Waals surface area contributed by atoms with E-state index in [1.165, 1.54) is 0 Å². The fraction of sp³-hybridized carbons (Fsp3) is 0.333. The molecule has 0 unspecified atom stereocenters. The van der Waals surface area contributed by atoms with E-state index in [2.05, 4.69) is 4.74 Å². The van der Waals surface area contributed by atoms with Gasteiger partial charge in [-0.05, 0) is 18.9 Å². The first kappa shape index (κ1) is 9.15. The third kappa shape index (κ3) is 2.25. The topological polar surface area (TPSA) is 66.0 Å². The fourth-order valence-electron chi connectivity index (χ4n) is 1.08. The highest BCUT2D eigenvalue weighted by atomic mass is 16.5. The van der Waals surface area contributed by atoms with E-state index in [0.29, 0.717) is 17.9 Å². The second kappa shape index (κ2) is 4.18. The third-order valence-electron chi connectivity index (χ3n) is 1.79. The van der Waals surface area contributed by atoms with Crippen LogP contribution in [0.5, 0.6) is 0 Å². The van der Waals surface area contributed by atoms with Gasteiger partial charge in [0.05, 0.1) is 0 Å². The number of nitriles is 2. The molecule has 0 atom stereocenters. The SMILES string of the molecule is CC1=C(OC#N)C=C(OC#N)CC1. The minimum atomic E-state index is 0.485. The van der Waals surface area contributed by atoms with Gasteiger partial charge in [0.2, 0.25) is 0 Å². The zero-order valence-corrected chi connectivity index (χ0v) is 7.20. The van der Waals surface area contributed by atoms with Gasteiger partial charge >= 0.3 is 0 Å². The Kier molecular flexibility index (Phi) is 2.94. The van der Waals surface area contributed by atoms with Crippen molar-refractivity contribution in [3.63, 3.8) is 0 Å². The Morgan fingerprint density at radius 3 is 2.54 bits per heavy atom. The lowest BCUT2D eigenvalue weighted by Crippen LogP contribution is -1.99. The highest BCUT2D eigenvalue weighted by Gasteiger charge is 2.12. The molecule has 0 saturated heterocycles. The van der Waals surface area contributed by atoms with Gasteiger partial charge in [0, 0.05) is 12.5 Å². The molecule has 0 aromatic rings. The summed E-state index contributed by atoms with van der Waals surface area (Å²) in [5.74, 6) is 1.03. The van der Waals surface area contributed by atoms with Crippen LogP contribution in [0.15, 0.2) is 23.2 Å². The standard InChI is InChI=1S/C9H8N2O2/c1-7-2-3-8(12-5-10)4-9(7)13-6-11/h4H,2-3H2,1H3. The molecule has 0 saturated carbocycles. The Hall–Kier alpha value is -1.94. The summed E-state index contributed by atoms with van der Waals surface area (Å²) in [5.41, 5.74) is 0.992. The summed E-state index contributed by atoms with van der Waals surface area (Å²) in [5, 5.41) is 16.6. The van der Waals surface area contributed by atoms with E-state index in [1.54, 1.807) is 18.6 Å². The number of hydrogen-bond donors (Lipinski definition) is 0. The highest BCUT2D eigenvalue weighted by Crippen LogP contribution is 2.24. The van der Waals surface area contributed by atoms with E-state index in [4.69, 9.17) is 15.3 Å². The molecule has 66 valence electrons. The molecule has 4 heteroatoms. The van der Waals surface area contributed by atoms with Gasteiger partial charge in [-0.1, -0.05) is 0 Å². The zero-order valence-electron chi connectivity index (χ0n) is 7.20. The molecule has 1 aliphatic rings. The minimum absolute atomic E-state index is 0.485. The van der Waals surface area contributed by atoms with Crippen LogP contribution in [0, 0.1) is 23.0 Å². The van der Waals surface area contributed by atoms with Gasteiger partial charge in [0.15, 0.2) is 0 Å². The fourth-order valence-corrected chi connectivity index (χ4v) is 1.08. The molecular weight excluding hydrogens is 168 g/mol. The van der Waals surface area contributed by atoms with Crippen molar-refractivity contribution < 1.29 is 9.47 Å². The Morgan fingerprint density at radius 2 is 1.92 bits per heavy atom. The van der Waals surface area contributed by atoms with Crippen LogP contribution in [0.2, 0.25) is 0 Å². The summed E-state index contributed by atoms with van der Waals surface area (Å²) < 4.78 is 9.34. The quantitative estimate of drug-likeness (QED) is 0.603. The molecule has 0 spiro atoms. The molecule has 13 heavy (non-hydrogen) atoms. The van der Waals surface area contributed by atoms with Crippen LogP contribution in [-0.4, -0.2) is 0 Å². The van der Waals surface area contributed by atoms with Crippen molar-refractivity contribution >= 4 is 0 Å². The summed E-state index contributed by atoms with van der Waals surface area (Å²) in [6.07, 6.45) is 6.18. The lowest BCUT2D eigenvalue weighted by molar-refractivity contribution is 0.329. The van der Waals surface area contributed by atoms with E-state index < -0.39 is 0 Å². The van der Waals surface area contributed by atoms with Gasteiger partial charge in [-0.2, -0.15) is 0 Å². The van der Waals surface area contributed by atoms with Crippen LogP contribution >= 0.6 is 0 Å². The van der Waals surface area contributed by atoms with Gasteiger partial charge in [0.1, 0.15) is 11.5 Å². The molecule has 0 amide bonds. The van der Waals surface area contributed by atoms with E-state index in [-0.39, 0.29) is 0 Å². The van der Waals surface area contributed by atoms with Crippen LogP contribution in [0.3, 0.4) is 0 Å². The maximum atomic E-state index is 8.31. The normalized spacial score (nSPS) is 15.5. The summed E-state index contributed by atoms with van der Waals surface area (Å²) >= 11 is 0. The Labute approximate surface area is 76.3 Å². The highest BCUT2D eigenvalue weighted by molar-refractivity contribution is 5.27. The molecule has 1 aliphatic carbocycles. The smallest absolute Gasteiger partial charge is 0.292 e. The number of rotatable bonds is 2. The Balaban J connectivity index is 2.80. The predicted octanol–water partition coefficient (Wildman–Crippen LogP) is 1.93. The second-order valence-electron chi connectivity index (χ2n) is 2.64. The molecule has 0 aliphatic heterocycles. The first-order valence-electron chi connectivity index (χ1n) is 3.80. The lowest BCUT2D eigenvalue weighted by atomic mass is 10.0. The zero-order chi connectivity index (χ0) is 9.68. The van der Waals surface area contributed by atoms with Crippen LogP contribution < -0.4 is 0 Å². The Bertz CT molecular complexity index is 342. The van der Waals surface area contributed by atoms with Gasteiger partial charge in [-0.3, -0.25) is 0 Å². The Morgan fingerprint density at radius 1 is 1.23 bits per heavy atom. The van der Waals surface area contributed by atoms with Crippen molar-refractivity contribution in [2.45, 2.75) is 19.8 Å². The summed E-state index contributed by atoms with van der Waals surface area (Å²) in [6, 6.07) is 0. The van der Waals surface area contributed by atoms with E-state index >= 15 is 0 Å². The number of nitrogens with zero attached hydrogens (tertiary/aromatic N) is 2. The predicted molar refractivity (Wildman–Crippen MR) is 43.4 cm³/mol. The van der Waals surface area contributed by atoms with Crippen LogP contribution in [0.25, 0.3) is 0 Å². The molecule has 0 N–H and O–H groups in total. The van der Waals surface area contributed by atoms with Crippen molar-refractivity contribution in [1.82, 2.24) is 0 Å².